The number of carbonyl (C=O) groups is 1. The molecule has 0 saturated heterocycles. The molecule has 140 valence electrons. The van der Waals surface area contributed by atoms with Crippen LogP contribution in [-0.4, -0.2) is 22.4 Å². The number of rotatable bonds is 5. The van der Waals surface area contributed by atoms with E-state index in [0.29, 0.717) is 16.9 Å². The Balaban J connectivity index is 1.85. The van der Waals surface area contributed by atoms with Crippen LogP contribution < -0.4 is 15.6 Å². The van der Waals surface area contributed by atoms with Crippen molar-refractivity contribution in [3.8, 4) is 11.4 Å². The Kier molecular flexibility index (Phi) is 5.12. The van der Waals surface area contributed by atoms with Crippen LogP contribution in [0.25, 0.3) is 5.69 Å². The Morgan fingerprint density at radius 1 is 1.19 bits per heavy atom. The van der Waals surface area contributed by atoms with E-state index in [-0.39, 0.29) is 23.4 Å². The van der Waals surface area contributed by atoms with Gasteiger partial charge in [-0.1, -0.05) is 24.3 Å². The number of benzene rings is 2. The van der Waals surface area contributed by atoms with Gasteiger partial charge in [-0.25, -0.2) is 9.07 Å². The van der Waals surface area contributed by atoms with Gasteiger partial charge in [0.25, 0.3) is 5.56 Å². The van der Waals surface area contributed by atoms with Crippen molar-refractivity contribution in [3.05, 3.63) is 76.0 Å². The molecular formula is C20H20FN3O3. The van der Waals surface area contributed by atoms with Crippen LogP contribution >= 0.6 is 0 Å². The summed E-state index contributed by atoms with van der Waals surface area (Å²) in [5.74, 6) is -0.820. The zero-order chi connectivity index (χ0) is 19.6. The van der Waals surface area contributed by atoms with E-state index >= 15 is 0 Å². The lowest BCUT2D eigenvalue weighted by Gasteiger charge is -2.07. The van der Waals surface area contributed by atoms with Crippen LogP contribution in [0.5, 0.6) is 5.75 Å². The van der Waals surface area contributed by atoms with E-state index in [1.54, 1.807) is 24.7 Å². The number of methoxy groups -OCH3 is 1. The number of amides is 1. The number of halogens is 1. The smallest absolute Gasteiger partial charge is 0.295 e. The first-order chi connectivity index (χ1) is 12.9. The Hall–Kier alpha value is -3.35. The third-order valence-corrected chi connectivity index (χ3v) is 4.40. The van der Waals surface area contributed by atoms with Crippen LogP contribution in [0.4, 0.5) is 10.1 Å². The molecule has 0 spiro atoms. The highest BCUT2D eigenvalue weighted by molar-refractivity contribution is 5.92. The molecule has 3 aromatic rings. The fourth-order valence-electron chi connectivity index (χ4n) is 2.90. The molecule has 0 aliphatic carbocycles. The van der Waals surface area contributed by atoms with Crippen molar-refractivity contribution in [3.63, 3.8) is 0 Å². The summed E-state index contributed by atoms with van der Waals surface area (Å²) in [5.41, 5.74) is 1.70. The molecule has 0 radical (unpaired) electrons. The quantitative estimate of drug-likeness (QED) is 0.752. The summed E-state index contributed by atoms with van der Waals surface area (Å²) in [6, 6.07) is 13.5. The van der Waals surface area contributed by atoms with Gasteiger partial charge >= 0.3 is 0 Å². The van der Waals surface area contributed by atoms with E-state index in [0.717, 1.165) is 0 Å². The lowest BCUT2D eigenvalue weighted by atomic mass is 10.1. The second-order valence-corrected chi connectivity index (χ2v) is 6.13. The summed E-state index contributed by atoms with van der Waals surface area (Å²) in [4.78, 5) is 25.2. The molecule has 3 rings (SSSR count). The van der Waals surface area contributed by atoms with Gasteiger partial charge < -0.3 is 10.1 Å². The molecule has 0 unspecified atom stereocenters. The van der Waals surface area contributed by atoms with Crippen molar-refractivity contribution in [1.29, 1.82) is 0 Å². The van der Waals surface area contributed by atoms with Crippen molar-refractivity contribution in [2.24, 2.45) is 7.05 Å². The number of nitrogens with zero attached hydrogens (tertiary/aromatic N) is 2. The van der Waals surface area contributed by atoms with Crippen molar-refractivity contribution in [2.75, 3.05) is 12.4 Å². The van der Waals surface area contributed by atoms with Gasteiger partial charge in [-0.3, -0.25) is 14.3 Å². The van der Waals surface area contributed by atoms with Crippen molar-refractivity contribution < 1.29 is 13.9 Å². The molecule has 0 aliphatic heterocycles. The molecule has 1 heterocycles. The minimum Gasteiger partial charge on any atom is -0.494 e. The normalized spacial score (nSPS) is 10.7. The summed E-state index contributed by atoms with van der Waals surface area (Å²) in [6.07, 6.45) is -0.0555. The lowest BCUT2D eigenvalue weighted by molar-refractivity contribution is -0.115. The molecule has 0 atom stereocenters. The topological polar surface area (TPSA) is 65.3 Å². The standard InChI is InChI=1S/C20H20FN3O3/c1-13-19(20(26)24(23(13)2)15-7-5-4-6-8-15)22-18(25)12-14-9-10-17(27-3)16(21)11-14/h4-11H,12H2,1-3H3,(H,22,25). The van der Waals surface area contributed by atoms with Crippen molar-refractivity contribution >= 4 is 11.6 Å². The minimum atomic E-state index is -0.537. The van der Waals surface area contributed by atoms with Gasteiger partial charge in [0.05, 0.1) is 24.9 Å². The summed E-state index contributed by atoms with van der Waals surface area (Å²) in [5, 5.41) is 2.66. The third-order valence-electron chi connectivity index (χ3n) is 4.40. The van der Waals surface area contributed by atoms with Crippen LogP contribution in [-0.2, 0) is 18.3 Å². The number of hydrogen-bond donors (Lipinski definition) is 1. The Morgan fingerprint density at radius 2 is 1.89 bits per heavy atom. The zero-order valence-corrected chi connectivity index (χ0v) is 15.3. The maximum Gasteiger partial charge on any atom is 0.295 e. The number of hydrogen-bond acceptors (Lipinski definition) is 3. The maximum atomic E-state index is 13.8. The largest absolute Gasteiger partial charge is 0.494 e. The van der Waals surface area contributed by atoms with Gasteiger partial charge in [-0.15, -0.1) is 0 Å². The first-order valence-electron chi connectivity index (χ1n) is 8.38. The SMILES string of the molecule is COc1ccc(CC(=O)Nc2c(C)n(C)n(-c3ccccc3)c2=O)cc1F. The number of para-hydroxylation sites is 1. The summed E-state index contributed by atoms with van der Waals surface area (Å²) in [6.45, 7) is 1.75. The van der Waals surface area contributed by atoms with Crippen LogP contribution in [0.1, 0.15) is 11.3 Å². The summed E-state index contributed by atoms with van der Waals surface area (Å²) >= 11 is 0. The van der Waals surface area contributed by atoms with Gasteiger partial charge in [-0.2, -0.15) is 0 Å². The molecular weight excluding hydrogens is 349 g/mol. The average Bonchev–Trinajstić information content (AvgIpc) is 2.86. The first kappa shape index (κ1) is 18.4. The van der Waals surface area contributed by atoms with Gasteiger partial charge in [0, 0.05) is 7.05 Å². The molecule has 2 aromatic carbocycles. The van der Waals surface area contributed by atoms with E-state index in [1.807, 2.05) is 30.3 Å². The minimum absolute atomic E-state index is 0.0555. The molecule has 1 aromatic heterocycles. The van der Waals surface area contributed by atoms with Crippen LogP contribution in [0, 0.1) is 12.7 Å². The Morgan fingerprint density at radius 3 is 2.52 bits per heavy atom. The number of anilines is 1. The highest BCUT2D eigenvalue weighted by atomic mass is 19.1. The van der Waals surface area contributed by atoms with Crippen LogP contribution in [0.15, 0.2) is 53.3 Å². The molecule has 1 amide bonds. The van der Waals surface area contributed by atoms with E-state index < -0.39 is 11.7 Å². The van der Waals surface area contributed by atoms with Gasteiger partial charge in [0.15, 0.2) is 11.6 Å². The Bertz CT molecular complexity index is 1040. The molecule has 27 heavy (non-hydrogen) atoms. The summed E-state index contributed by atoms with van der Waals surface area (Å²) < 4.78 is 21.8. The number of aromatic nitrogens is 2. The van der Waals surface area contributed by atoms with Gasteiger partial charge in [0.1, 0.15) is 5.69 Å². The second kappa shape index (κ2) is 7.49. The third kappa shape index (κ3) is 3.62. The first-order valence-corrected chi connectivity index (χ1v) is 8.38. The fourth-order valence-corrected chi connectivity index (χ4v) is 2.90. The van der Waals surface area contributed by atoms with Crippen LogP contribution in [0.2, 0.25) is 0 Å². The molecule has 0 saturated carbocycles. The number of carbonyl (C=O) groups excluding carboxylic acids is 1. The predicted molar refractivity (Wildman–Crippen MR) is 101 cm³/mol. The zero-order valence-electron chi connectivity index (χ0n) is 15.3. The molecule has 1 N–H and O–H groups in total. The van der Waals surface area contributed by atoms with E-state index in [2.05, 4.69) is 5.32 Å². The molecule has 7 heteroatoms. The van der Waals surface area contributed by atoms with Crippen LogP contribution in [0.3, 0.4) is 0 Å². The van der Waals surface area contributed by atoms with E-state index in [9.17, 15) is 14.0 Å². The van der Waals surface area contributed by atoms with Gasteiger partial charge in [0.2, 0.25) is 5.91 Å². The van der Waals surface area contributed by atoms with Gasteiger partial charge in [-0.05, 0) is 36.8 Å². The monoisotopic (exact) mass is 369 g/mol. The second-order valence-electron chi connectivity index (χ2n) is 6.13. The molecule has 0 bridgehead atoms. The fraction of sp³-hybridized carbons (Fsp3) is 0.200. The number of nitrogens with one attached hydrogen (secondary N) is 1. The molecule has 0 aliphatic rings. The van der Waals surface area contributed by atoms with Crippen molar-refractivity contribution in [2.45, 2.75) is 13.3 Å². The summed E-state index contributed by atoms with van der Waals surface area (Å²) in [7, 11) is 3.12. The van der Waals surface area contributed by atoms with E-state index in [1.165, 1.54) is 23.9 Å². The lowest BCUT2D eigenvalue weighted by Crippen LogP contribution is -2.23. The Labute approximate surface area is 155 Å². The maximum absolute atomic E-state index is 13.8. The van der Waals surface area contributed by atoms with Crippen molar-refractivity contribution in [1.82, 2.24) is 9.36 Å². The highest BCUT2D eigenvalue weighted by Gasteiger charge is 2.18. The highest BCUT2D eigenvalue weighted by Crippen LogP contribution is 2.19. The predicted octanol–water partition coefficient (Wildman–Crippen LogP) is 2.81. The number of ether oxygens (including phenoxy) is 1. The molecule has 6 nitrogen and oxygen atoms in total. The average molecular weight is 369 g/mol. The molecule has 0 fully saturated rings. The van der Waals surface area contributed by atoms with E-state index in [4.69, 9.17) is 4.74 Å².